The second-order valence-corrected chi connectivity index (χ2v) is 12.3. The third-order valence-electron chi connectivity index (χ3n) is 10.1. The van der Waals surface area contributed by atoms with E-state index in [1.807, 2.05) is 0 Å². The van der Waals surface area contributed by atoms with Gasteiger partial charge in [-0.1, -0.05) is 91.0 Å². The van der Waals surface area contributed by atoms with E-state index in [0.29, 0.717) is 5.69 Å². The highest BCUT2D eigenvalue weighted by atomic mass is 16.6. The van der Waals surface area contributed by atoms with Gasteiger partial charge in [-0.25, -0.2) is 0 Å². The van der Waals surface area contributed by atoms with Gasteiger partial charge >= 0.3 is 0 Å². The maximum absolute atomic E-state index is 15.3. The van der Waals surface area contributed by atoms with Crippen LogP contribution in [0.25, 0.3) is 0 Å². The van der Waals surface area contributed by atoms with E-state index in [-0.39, 0.29) is 44.8 Å². The number of para-hydroxylation sites is 1. The Morgan fingerprint density at radius 3 is 1.31 bits per heavy atom. The Morgan fingerprint density at radius 2 is 0.878 bits per heavy atom. The van der Waals surface area contributed by atoms with Gasteiger partial charge in [-0.3, -0.25) is 39.4 Å². The first-order valence-corrected chi connectivity index (χ1v) is 15.4. The van der Waals surface area contributed by atoms with Crippen molar-refractivity contribution in [1.82, 2.24) is 0 Å². The second-order valence-electron chi connectivity index (χ2n) is 12.3. The first kappa shape index (κ1) is 29.8. The molecule has 1 heterocycles. The molecule has 5 aromatic rings. The van der Waals surface area contributed by atoms with Crippen LogP contribution in [-0.2, 0) is 0 Å². The summed E-state index contributed by atoms with van der Waals surface area (Å²) in [6.07, 6.45) is 0. The van der Waals surface area contributed by atoms with Crippen molar-refractivity contribution in [1.29, 1.82) is 0 Å². The summed E-state index contributed by atoms with van der Waals surface area (Å²) >= 11 is 0. The molecule has 0 saturated carbocycles. The quantitative estimate of drug-likeness (QED) is 0.114. The van der Waals surface area contributed by atoms with Gasteiger partial charge in [0.1, 0.15) is 5.41 Å². The van der Waals surface area contributed by atoms with E-state index >= 15 is 19.2 Å². The number of benzene rings is 5. The first-order valence-electron chi connectivity index (χ1n) is 15.4. The molecule has 0 bridgehead atoms. The predicted octanol–water partition coefficient (Wildman–Crippen LogP) is 6.73. The summed E-state index contributed by atoms with van der Waals surface area (Å²) in [4.78, 5) is 84.8. The Balaban J connectivity index is 1.55. The lowest BCUT2D eigenvalue weighted by molar-refractivity contribution is -0.385. The van der Waals surface area contributed by atoms with Crippen LogP contribution in [-0.4, -0.2) is 38.5 Å². The van der Waals surface area contributed by atoms with Crippen LogP contribution in [0.1, 0.15) is 64.5 Å². The molecule has 2 atom stereocenters. The van der Waals surface area contributed by atoms with Gasteiger partial charge in [0.25, 0.3) is 11.4 Å². The largest absolute Gasteiger partial charge is 0.343 e. The Bertz CT molecular complexity index is 2210. The lowest BCUT2D eigenvalue weighted by Gasteiger charge is -2.40. The lowest BCUT2D eigenvalue weighted by atomic mass is 9.60. The number of Topliss-reactive ketones (excluding diaryl/α,β-unsaturated/α-hetero) is 4. The van der Waals surface area contributed by atoms with E-state index in [0.717, 1.165) is 0 Å². The Kier molecular flexibility index (Phi) is 6.34. The van der Waals surface area contributed by atoms with Crippen LogP contribution in [0.2, 0.25) is 0 Å². The zero-order chi connectivity index (χ0) is 34.2. The molecule has 0 radical (unpaired) electrons. The first-order chi connectivity index (χ1) is 23.6. The average Bonchev–Trinajstić information content (AvgIpc) is 3.63. The fourth-order valence-corrected chi connectivity index (χ4v) is 8.27. The second kappa shape index (κ2) is 10.4. The summed E-state index contributed by atoms with van der Waals surface area (Å²) in [6, 6.07) is 30.3. The molecule has 5 aromatic carbocycles. The van der Waals surface area contributed by atoms with Crippen molar-refractivity contribution in [3.05, 3.63) is 181 Å². The van der Waals surface area contributed by atoms with E-state index in [4.69, 9.17) is 0 Å². The molecular weight excluding hydrogens is 626 g/mol. The van der Waals surface area contributed by atoms with E-state index in [1.54, 1.807) is 59.5 Å². The molecule has 11 nitrogen and oxygen atoms in total. The van der Waals surface area contributed by atoms with Gasteiger partial charge < -0.3 is 4.90 Å². The number of hydrogen-bond donors (Lipinski definition) is 0. The molecule has 2 aliphatic carbocycles. The molecule has 1 fully saturated rings. The van der Waals surface area contributed by atoms with Crippen molar-refractivity contribution >= 4 is 40.2 Å². The van der Waals surface area contributed by atoms with Crippen molar-refractivity contribution in [2.24, 2.45) is 5.41 Å². The third kappa shape index (κ3) is 3.72. The van der Waals surface area contributed by atoms with Crippen LogP contribution in [0.5, 0.6) is 0 Å². The van der Waals surface area contributed by atoms with Crippen LogP contribution >= 0.6 is 0 Å². The van der Waals surface area contributed by atoms with Crippen LogP contribution in [0.4, 0.5) is 17.1 Å². The number of carbonyl (C=O) groups is 4. The summed E-state index contributed by atoms with van der Waals surface area (Å²) in [5, 5.41) is 23.4. The molecule has 2 spiro atoms. The number of ketones is 4. The molecule has 1 aliphatic heterocycles. The van der Waals surface area contributed by atoms with Crippen molar-refractivity contribution in [3.8, 4) is 0 Å². The fraction of sp³-hybridized carbons (Fsp3) is 0.105. The normalized spacial score (nSPS) is 19.8. The monoisotopic (exact) mass is 649 g/mol. The predicted molar refractivity (Wildman–Crippen MR) is 176 cm³/mol. The Hall–Kier alpha value is -6.62. The number of anilines is 1. The minimum Gasteiger partial charge on any atom is -0.343 e. The number of rotatable bonds is 5. The molecular formula is C38H23N3O8. The molecule has 11 heteroatoms. The van der Waals surface area contributed by atoms with Crippen LogP contribution in [0, 0.1) is 25.6 Å². The molecule has 0 aromatic heterocycles. The molecule has 0 amide bonds. The summed E-state index contributed by atoms with van der Waals surface area (Å²) in [5.41, 5.74) is -3.68. The standard InChI is InChI=1S/C38H23N3O8/c42-33-27-10-4-5-11-28(27)34(43)37(33)31(22-14-18-25(19-15-22)40(46)47)38(35(44)29-12-6-7-13-30(29)36(38)45)39(24-8-2-1-3-9-24)32(37)23-16-20-26(21-17-23)41(48)49/h1-21,31-32H/t31-,32+/m0/s1. The summed E-state index contributed by atoms with van der Waals surface area (Å²) in [6.45, 7) is 0. The van der Waals surface area contributed by atoms with Crippen molar-refractivity contribution in [2.45, 2.75) is 17.5 Å². The Morgan fingerprint density at radius 1 is 0.490 bits per heavy atom. The zero-order valence-corrected chi connectivity index (χ0v) is 25.4. The highest BCUT2D eigenvalue weighted by molar-refractivity contribution is 6.39. The van der Waals surface area contributed by atoms with E-state index in [2.05, 4.69) is 0 Å². The van der Waals surface area contributed by atoms with Gasteiger partial charge in [0, 0.05) is 58.1 Å². The summed E-state index contributed by atoms with van der Waals surface area (Å²) < 4.78 is 0. The summed E-state index contributed by atoms with van der Waals surface area (Å²) in [7, 11) is 0. The number of hydrogen-bond acceptors (Lipinski definition) is 9. The molecule has 8 rings (SSSR count). The van der Waals surface area contributed by atoms with E-state index in [9.17, 15) is 20.2 Å². The van der Waals surface area contributed by atoms with Gasteiger partial charge in [-0.2, -0.15) is 0 Å². The van der Waals surface area contributed by atoms with Gasteiger partial charge in [-0.05, 0) is 23.3 Å². The average molecular weight is 650 g/mol. The van der Waals surface area contributed by atoms with Crippen molar-refractivity contribution < 1.29 is 29.0 Å². The molecule has 1 saturated heterocycles. The molecule has 3 aliphatic rings. The maximum Gasteiger partial charge on any atom is 0.269 e. The van der Waals surface area contributed by atoms with Crippen LogP contribution in [0.15, 0.2) is 127 Å². The highest BCUT2D eigenvalue weighted by Crippen LogP contribution is 2.69. The minimum atomic E-state index is -2.24. The SMILES string of the molecule is O=C1c2ccccc2C(=O)C12[C@@H](c1ccc([N+](=O)[O-])cc1)N(c1ccccc1)C1(C(=O)c3ccccc3C1=O)[C@H]2c1ccc([N+](=O)[O-])cc1. The molecule has 238 valence electrons. The molecule has 0 unspecified atom stereocenters. The number of fused-ring (bicyclic) bond motifs is 2. The topological polar surface area (TPSA) is 158 Å². The minimum absolute atomic E-state index is 0.104. The lowest BCUT2D eigenvalue weighted by Crippen LogP contribution is -2.57. The molecule has 0 N–H and O–H groups in total. The fourth-order valence-electron chi connectivity index (χ4n) is 8.27. The smallest absolute Gasteiger partial charge is 0.269 e. The third-order valence-corrected chi connectivity index (χ3v) is 10.1. The number of non-ortho nitro benzene ring substituents is 2. The number of carbonyl (C=O) groups excluding carboxylic acids is 4. The zero-order valence-electron chi connectivity index (χ0n) is 25.4. The van der Waals surface area contributed by atoms with Crippen molar-refractivity contribution in [3.63, 3.8) is 0 Å². The van der Waals surface area contributed by atoms with E-state index in [1.165, 1.54) is 72.8 Å². The van der Waals surface area contributed by atoms with Gasteiger partial charge in [0.15, 0.2) is 28.7 Å². The maximum atomic E-state index is 15.3. The van der Waals surface area contributed by atoms with Gasteiger partial charge in [0.2, 0.25) is 0 Å². The number of nitro benzene ring substituents is 2. The summed E-state index contributed by atoms with van der Waals surface area (Å²) in [5.74, 6) is -4.04. The van der Waals surface area contributed by atoms with Gasteiger partial charge in [0.05, 0.1) is 15.9 Å². The van der Waals surface area contributed by atoms with Crippen molar-refractivity contribution in [2.75, 3.05) is 4.90 Å². The highest BCUT2D eigenvalue weighted by Gasteiger charge is 2.81. The number of nitrogens with zero attached hydrogens (tertiary/aromatic N) is 3. The van der Waals surface area contributed by atoms with E-state index < -0.39 is 55.9 Å². The number of nitro groups is 2. The van der Waals surface area contributed by atoms with Crippen LogP contribution in [0.3, 0.4) is 0 Å². The van der Waals surface area contributed by atoms with Gasteiger partial charge in [-0.15, -0.1) is 0 Å². The van der Waals surface area contributed by atoms with Crippen LogP contribution < -0.4 is 4.90 Å². The Labute approximate surface area is 277 Å². The molecule has 49 heavy (non-hydrogen) atoms.